The molecule has 0 unspecified atom stereocenters. The lowest BCUT2D eigenvalue weighted by molar-refractivity contribution is -0.150. The Bertz CT molecular complexity index is 247. The lowest BCUT2D eigenvalue weighted by Crippen LogP contribution is -2.39. The first kappa shape index (κ1) is 12.5. The van der Waals surface area contributed by atoms with Crippen molar-refractivity contribution >= 4 is 13.0 Å². The molecule has 0 spiro atoms. The maximum atomic E-state index is 11.2. The summed E-state index contributed by atoms with van der Waals surface area (Å²) in [6.45, 7) is 5.50. The van der Waals surface area contributed by atoms with E-state index in [2.05, 4.69) is 5.23 Å². The van der Waals surface area contributed by atoms with Gasteiger partial charge in [-0.15, -0.1) is 0 Å². The van der Waals surface area contributed by atoms with Crippen LogP contribution < -0.4 is 5.23 Å². The van der Waals surface area contributed by atoms with E-state index >= 15 is 0 Å². The Morgan fingerprint density at radius 3 is 2.60 bits per heavy atom. The van der Waals surface area contributed by atoms with Crippen LogP contribution in [0.15, 0.2) is 0 Å². The fourth-order valence-corrected chi connectivity index (χ4v) is 2.71. The molecule has 4 nitrogen and oxygen atoms in total. The van der Waals surface area contributed by atoms with E-state index in [0.29, 0.717) is 6.42 Å². The molecule has 0 aromatic rings. The molecule has 0 aliphatic heterocycles. The smallest absolute Gasteiger partial charge is 0.373 e. The van der Waals surface area contributed by atoms with Crippen LogP contribution >= 0.6 is 0 Å². The van der Waals surface area contributed by atoms with Gasteiger partial charge < -0.3 is 15.4 Å². The Morgan fingerprint density at radius 2 is 2.27 bits per heavy atom. The second-order valence-corrected chi connectivity index (χ2v) is 4.81. The minimum absolute atomic E-state index is 0.121. The SMILES string of the molecule is CC[C@H]1C[C@@H](NB(C)O)C[C@@]1(C)C(=O)O. The molecule has 0 amide bonds. The van der Waals surface area contributed by atoms with Gasteiger partial charge in [-0.05, 0) is 38.5 Å². The van der Waals surface area contributed by atoms with Crippen molar-refractivity contribution in [1.82, 2.24) is 5.23 Å². The van der Waals surface area contributed by atoms with Crippen molar-refractivity contribution in [2.45, 2.75) is 46.0 Å². The van der Waals surface area contributed by atoms with Gasteiger partial charge in [0.25, 0.3) is 0 Å². The largest absolute Gasteiger partial charge is 0.481 e. The molecule has 1 rings (SSSR count). The molecule has 1 aliphatic rings. The van der Waals surface area contributed by atoms with Crippen LogP contribution in [0.25, 0.3) is 0 Å². The molecule has 0 bridgehead atoms. The molecule has 1 fully saturated rings. The fourth-order valence-electron chi connectivity index (χ4n) is 2.71. The highest BCUT2D eigenvalue weighted by Crippen LogP contribution is 2.45. The molecule has 3 atom stereocenters. The van der Waals surface area contributed by atoms with Crippen LogP contribution in [0.3, 0.4) is 0 Å². The van der Waals surface area contributed by atoms with Crippen LogP contribution in [-0.2, 0) is 4.79 Å². The monoisotopic (exact) mass is 213 g/mol. The van der Waals surface area contributed by atoms with E-state index in [0.717, 1.165) is 12.8 Å². The summed E-state index contributed by atoms with van der Waals surface area (Å²) in [7, 11) is -0.566. The molecule has 0 aromatic carbocycles. The van der Waals surface area contributed by atoms with E-state index in [1.165, 1.54) is 0 Å². The zero-order valence-electron chi connectivity index (χ0n) is 9.66. The van der Waals surface area contributed by atoms with Crippen LogP contribution in [0.2, 0.25) is 6.82 Å². The van der Waals surface area contributed by atoms with Gasteiger partial charge >= 0.3 is 13.0 Å². The van der Waals surface area contributed by atoms with Gasteiger partial charge in [0.1, 0.15) is 0 Å². The van der Waals surface area contributed by atoms with E-state index in [-0.39, 0.29) is 12.0 Å². The number of aliphatic carboxylic acids is 1. The summed E-state index contributed by atoms with van der Waals surface area (Å²) in [6.07, 6.45) is 2.32. The molecule has 15 heavy (non-hydrogen) atoms. The summed E-state index contributed by atoms with van der Waals surface area (Å²) in [5.74, 6) is -0.518. The molecule has 0 aromatic heterocycles. The Hall–Kier alpha value is -0.545. The number of rotatable bonds is 4. The number of carboxylic acid groups (broad SMARTS) is 1. The molecule has 86 valence electrons. The first-order valence-corrected chi connectivity index (χ1v) is 5.57. The third-order valence-electron chi connectivity index (χ3n) is 3.60. The second kappa shape index (κ2) is 4.53. The quantitative estimate of drug-likeness (QED) is 0.608. The van der Waals surface area contributed by atoms with Crippen molar-refractivity contribution in [2.24, 2.45) is 11.3 Å². The van der Waals surface area contributed by atoms with Gasteiger partial charge in [0.2, 0.25) is 0 Å². The van der Waals surface area contributed by atoms with Gasteiger partial charge in [-0.3, -0.25) is 4.79 Å². The molecule has 0 saturated heterocycles. The maximum Gasteiger partial charge on any atom is 0.373 e. The number of carboxylic acids is 1. The predicted molar refractivity (Wildman–Crippen MR) is 59.5 cm³/mol. The zero-order chi connectivity index (χ0) is 11.6. The van der Waals surface area contributed by atoms with E-state index < -0.39 is 18.4 Å². The second-order valence-electron chi connectivity index (χ2n) is 4.81. The zero-order valence-corrected chi connectivity index (χ0v) is 9.66. The van der Waals surface area contributed by atoms with Crippen LogP contribution in [0.5, 0.6) is 0 Å². The van der Waals surface area contributed by atoms with Gasteiger partial charge in [0, 0.05) is 0 Å². The van der Waals surface area contributed by atoms with Crippen LogP contribution in [-0.4, -0.2) is 29.2 Å². The van der Waals surface area contributed by atoms with E-state index in [9.17, 15) is 14.9 Å². The number of hydrogen-bond donors (Lipinski definition) is 3. The van der Waals surface area contributed by atoms with Crippen LogP contribution in [0, 0.1) is 11.3 Å². The van der Waals surface area contributed by atoms with E-state index in [4.69, 9.17) is 0 Å². The number of hydrogen-bond acceptors (Lipinski definition) is 3. The molecule has 1 saturated carbocycles. The summed E-state index contributed by atoms with van der Waals surface area (Å²) < 4.78 is 0. The van der Waals surface area contributed by atoms with Crippen molar-refractivity contribution in [3.8, 4) is 0 Å². The average molecular weight is 213 g/mol. The van der Waals surface area contributed by atoms with Crippen molar-refractivity contribution in [3.05, 3.63) is 0 Å². The number of carbonyl (C=O) groups is 1. The van der Waals surface area contributed by atoms with Crippen molar-refractivity contribution in [3.63, 3.8) is 0 Å². The lowest BCUT2D eigenvalue weighted by atomic mass is 9.78. The Morgan fingerprint density at radius 1 is 1.67 bits per heavy atom. The number of nitrogens with one attached hydrogen (secondary N) is 1. The summed E-state index contributed by atoms with van der Waals surface area (Å²) in [6, 6.07) is 0.121. The first-order chi connectivity index (χ1) is 6.90. The Kier molecular flexibility index (Phi) is 3.79. The first-order valence-electron chi connectivity index (χ1n) is 5.57. The Labute approximate surface area is 91.2 Å². The van der Waals surface area contributed by atoms with Gasteiger partial charge in [0.05, 0.1) is 5.41 Å². The topological polar surface area (TPSA) is 69.6 Å². The highest BCUT2D eigenvalue weighted by atomic mass is 16.4. The van der Waals surface area contributed by atoms with Gasteiger partial charge in [0.15, 0.2) is 0 Å². The van der Waals surface area contributed by atoms with E-state index in [1.54, 1.807) is 6.82 Å². The summed E-state index contributed by atoms with van der Waals surface area (Å²) in [5.41, 5.74) is -0.638. The van der Waals surface area contributed by atoms with Crippen molar-refractivity contribution in [2.75, 3.05) is 0 Å². The highest BCUT2D eigenvalue weighted by Gasteiger charge is 2.48. The molecular weight excluding hydrogens is 193 g/mol. The van der Waals surface area contributed by atoms with Gasteiger partial charge in [-0.1, -0.05) is 13.3 Å². The molecule has 0 heterocycles. The van der Waals surface area contributed by atoms with Gasteiger partial charge in [-0.25, -0.2) is 0 Å². The minimum Gasteiger partial charge on any atom is -0.481 e. The summed E-state index contributed by atoms with van der Waals surface area (Å²) >= 11 is 0. The Balaban J connectivity index is 2.71. The molecular formula is C10H20BNO3. The lowest BCUT2D eigenvalue weighted by Gasteiger charge is -2.25. The third kappa shape index (κ3) is 2.52. The normalized spacial score (nSPS) is 35.5. The van der Waals surface area contributed by atoms with E-state index in [1.807, 2.05) is 13.8 Å². The van der Waals surface area contributed by atoms with Crippen molar-refractivity contribution < 1.29 is 14.9 Å². The maximum absolute atomic E-state index is 11.2. The molecule has 5 heteroatoms. The minimum atomic E-state index is -0.718. The summed E-state index contributed by atoms with van der Waals surface area (Å²) in [4.78, 5) is 11.2. The summed E-state index contributed by atoms with van der Waals surface area (Å²) in [5, 5.41) is 21.5. The highest BCUT2D eigenvalue weighted by molar-refractivity contribution is 6.45. The van der Waals surface area contributed by atoms with Crippen LogP contribution in [0.4, 0.5) is 0 Å². The predicted octanol–water partition coefficient (Wildman–Crippen LogP) is 0.966. The molecule has 3 N–H and O–H groups in total. The van der Waals surface area contributed by atoms with Crippen molar-refractivity contribution in [1.29, 1.82) is 0 Å². The fraction of sp³-hybridized carbons (Fsp3) is 0.900. The molecule has 1 aliphatic carbocycles. The third-order valence-corrected chi connectivity index (χ3v) is 3.60. The van der Waals surface area contributed by atoms with Crippen LogP contribution in [0.1, 0.15) is 33.1 Å². The molecule has 0 radical (unpaired) electrons. The van der Waals surface area contributed by atoms with Gasteiger partial charge in [-0.2, -0.15) is 0 Å². The average Bonchev–Trinajstić information content (AvgIpc) is 2.42. The standard InChI is InChI=1S/C10H20BNO3/c1-4-7-5-8(12-11(3)15)6-10(7,2)9(13)14/h7-8,12,15H,4-6H2,1-3H3,(H,13,14)/t7-,8+,10+/m0/s1.